The summed E-state index contributed by atoms with van der Waals surface area (Å²) in [5.74, 6) is 1.68. The molecule has 0 spiro atoms. The SMILES string of the molecule is CC(C)c1ccc(OCCNC(=O)N2CCC(CO)CC2)cc1. The van der Waals surface area contributed by atoms with Crippen molar-refractivity contribution in [2.45, 2.75) is 32.6 Å². The zero-order chi connectivity index (χ0) is 16.7. The third-order valence-electron chi connectivity index (χ3n) is 4.35. The fourth-order valence-corrected chi connectivity index (χ4v) is 2.71. The van der Waals surface area contributed by atoms with Gasteiger partial charge >= 0.3 is 6.03 Å². The van der Waals surface area contributed by atoms with Crippen molar-refractivity contribution >= 4 is 6.03 Å². The molecule has 1 aromatic rings. The molecular weight excluding hydrogens is 292 g/mol. The monoisotopic (exact) mass is 320 g/mol. The number of hydrogen-bond donors (Lipinski definition) is 2. The molecule has 5 heteroatoms. The van der Waals surface area contributed by atoms with E-state index in [0.717, 1.165) is 18.6 Å². The van der Waals surface area contributed by atoms with Crippen molar-refractivity contribution in [3.05, 3.63) is 29.8 Å². The fourth-order valence-electron chi connectivity index (χ4n) is 2.71. The van der Waals surface area contributed by atoms with Crippen molar-refractivity contribution in [3.63, 3.8) is 0 Å². The topological polar surface area (TPSA) is 61.8 Å². The molecule has 1 heterocycles. The lowest BCUT2D eigenvalue weighted by atomic mass is 9.98. The van der Waals surface area contributed by atoms with Gasteiger partial charge in [-0.1, -0.05) is 26.0 Å². The number of aliphatic hydroxyl groups excluding tert-OH is 1. The van der Waals surface area contributed by atoms with Crippen LogP contribution < -0.4 is 10.1 Å². The van der Waals surface area contributed by atoms with Gasteiger partial charge < -0.3 is 20.1 Å². The van der Waals surface area contributed by atoms with Crippen LogP contribution in [0.3, 0.4) is 0 Å². The molecule has 5 nitrogen and oxygen atoms in total. The Bertz CT molecular complexity index is 480. The minimum atomic E-state index is -0.0415. The summed E-state index contributed by atoms with van der Waals surface area (Å²) in [5, 5.41) is 12.0. The molecule has 2 N–H and O–H groups in total. The molecule has 2 amide bonds. The number of likely N-dealkylation sites (tertiary alicyclic amines) is 1. The number of piperidine rings is 1. The first-order valence-corrected chi connectivity index (χ1v) is 8.46. The van der Waals surface area contributed by atoms with Gasteiger partial charge in [-0.2, -0.15) is 0 Å². The molecule has 128 valence electrons. The van der Waals surface area contributed by atoms with Gasteiger partial charge in [0.25, 0.3) is 0 Å². The molecule has 0 bridgehead atoms. The Kier molecular flexibility index (Phi) is 6.71. The van der Waals surface area contributed by atoms with E-state index in [1.165, 1.54) is 5.56 Å². The molecule has 1 aromatic carbocycles. The summed E-state index contributed by atoms with van der Waals surface area (Å²) in [6, 6.07) is 8.04. The maximum Gasteiger partial charge on any atom is 0.317 e. The summed E-state index contributed by atoms with van der Waals surface area (Å²) in [4.78, 5) is 13.8. The number of rotatable bonds is 6. The Balaban J connectivity index is 1.64. The van der Waals surface area contributed by atoms with E-state index in [9.17, 15) is 4.79 Å². The van der Waals surface area contributed by atoms with Crippen LogP contribution in [-0.2, 0) is 0 Å². The van der Waals surface area contributed by atoms with Crippen LogP contribution in [0.2, 0.25) is 0 Å². The molecule has 0 saturated carbocycles. The third kappa shape index (κ3) is 5.43. The second-order valence-electron chi connectivity index (χ2n) is 6.42. The van der Waals surface area contributed by atoms with Crippen LogP contribution >= 0.6 is 0 Å². The van der Waals surface area contributed by atoms with E-state index >= 15 is 0 Å². The van der Waals surface area contributed by atoms with Crippen LogP contribution in [0.5, 0.6) is 5.75 Å². The number of amides is 2. The number of carbonyl (C=O) groups is 1. The lowest BCUT2D eigenvalue weighted by Gasteiger charge is -2.31. The van der Waals surface area contributed by atoms with Crippen LogP contribution in [0.4, 0.5) is 4.79 Å². The van der Waals surface area contributed by atoms with Crippen molar-refractivity contribution in [1.82, 2.24) is 10.2 Å². The fraction of sp³-hybridized carbons (Fsp3) is 0.611. The molecule has 1 aliphatic rings. The molecule has 0 radical (unpaired) electrons. The van der Waals surface area contributed by atoms with E-state index in [-0.39, 0.29) is 12.6 Å². The quantitative estimate of drug-likeness (QED) is 0.792. The van der Waals surface area contributed by atoms with Gasteiger partial charge in [0.2, 0.25) is 0 Å². The minimum absolute atomic E-state index is 0.0415. The summed E-state index contributed by atoms with van der Waals surface area (Å²) in [6.45, 7) is 6.93. The van der Waals surface area contributed by atoms with Crippen molar-refractivity contribution in [3.8, 4) is 5.75 Å². The number of benzene rings is 1. The summed E-state index contributed by atoms with van der Waals surface area (Å²) in [7, 11) is 0. The largest absolute Gasteiger partial charge is 0.492 e. The summed E-state index contributed by atoms with van der Waals surface area (Å²) in [5.41, 5.74) is 1.29. The summed E-state index contributed by atoms with van der Waals surface area (Å²) in [6.07, 6.45) is 1.76. The van der Waals surface area contributed by atoms with Crippen LogP contribution in [0.1, 0.15) is 38.2 Å². The van der Waals surface area contributed by atoms with E-state index in [1.807, 2.05) is 17.0 Å². The van der Waals surface area contributed by atoms with Crippen molar-refractivity contribution in [2.75, 3.05) is 32.8 Å². The zero-order valence-electron chi connectivity index (χ0n) is 14.1. The number of ether oxygens (including phenoxy) is 1. The number of carbonyl (C=O) groups excluding carboxylic acids is 1. The second-order valence-corrected chi connectivity index (χ2v) is 6.42. The molecule has 23 heavy (non-hydrogen) atoms. The van der Waals surface area contributed by atoms with Gasteiger partial charge in [0, 0.05) is 19.7 Å². The van der Waals surface area contributed by atoms with Gasteiger partial charge in [-0.25, -0.2) is 4.79 Å². The first-order valence-electron chi connectivity index (χ1n) is 8.46. The standard InChI is InChI=1S/C18H28N2O3/c1-14(2)16-3-5-17(6-4-16)23-12-9-19-18(22)20-10-7-15(13-21)8-11-20/h3-6,14-15,21H,7-13H2,1-2H3,(H,19,22). The third-order valence-corrected chi connectivity index (χ3v) is 4.35. The maximum absolute atomic E-state index is 12.0. The van der Waals surface area contributed by atoms with Gasteiger partial charge in [0.15, 0.2) is 0 Å². The minimum Gasteiger partial charge on any atom is -0.492 e. The van der Waals surface area contributed by atoms with Crippen molar-refractivity contribution < 1.29 is 14.6 Å². The second kappa shape index (κ2) is 8.77. The predicted octanol–water partition coefficient (Wildman–Crippen LogP) is 2.60. The smallest absolute Gasteiger partial charge is 0.317 e. The van der Waals surface area contributed by atoms with Crippen LogP contribution in [0.15, 0.2) is 24.3 Å². The molecule has 1 aliphatic heterocycles. The average molecular weight is 320 g/mol. The normalized spacial score (nSPS) is 15.7. The van der Waals surface area contributed by atoms with Crippen LogP contribution in [0.25, 0.3) is 0 Å². The molecule has 1 saturated heterocycles. The van der Waals surface area contributed by atoms with E-state index in [2.05, 4.69) is 31.3 Å². The lowest BCUT2D eigenvalue weighted by molar-refractivity contribution is 0.136. The Morgan fingerprint density at radius 1 is 1.30 bits per heavy atom. The molecule has 0 atom stereocenters. The molecule has 0 aliphatic carbocycles. The van der Waals surface area contributed by atoms with E-state index in [0.29, 0.717) is 38.1 Å². The summed E-state index contributed by atoms with van der Waals surface area (Å²) < 4.78 is 5.65. The highest BCUT2D eigenvalue weighted by molar-refractivity contribution is 5.74. The van der Waals surface area contributed by atoms with E-state index < -0.39 is 0 Å². The average Bonchev–Trinajstić information content (AvgIpc) is 2.59. The van der Waals surface area contributed by atoms with Crippen LogP contribution in [-0.4, -0.2) is 48.9 Å². The first kappa shape index (κ1) is 17.6. The maximum atomic E-state index is 12.0. The first-order chi connectivity index (χ1) is 11.1. The van der Waals surface area contributed by atoms with Crippen LogP contribution in [0, 0.1) is 5.92 Å². The Labute approximate surface area is 138 Å². The zero-order valence-corrected chi connectivity index (χ0v) is 14.1. The highest BCUT2D eigenvalue weighted by atomic mass is 16.5. The van der Waals surface area contributed by atoms with Gasteiger partial charge in [-0.05, 0) is 42.4 Å². The number of urea groups is 1. The summed E-state index contributed by atoms with van der Waals surface area (Å²) >= 11 is 0. The number of nitrogens with one attached hydrogen (secondary N) is 1. The van der Waals surface area contributed by atoms with Crippen molar-refractivity contribution in [2.24, 2.45) is 5.92 Å². The molecule has 0 unspecified atom stereocenters. The molecule has 0 aromatic heterocycles. The molecule has 1 fully saturated rings. The van der Waals surface area contributed by atoms with Crippen molar-refractivity contribution in [1.29, 1.82) is 0 Å². The molecule has 2 rings (SSSR count). The molecular formula is C18H28N2O3. The number of hydrogen-bond acceptors (Lipinski definition) is 3. The Morgan fingerprint density at radius 2 is 1.96 bits per heavy atom. The van der Waals surface area contributed by atoms with Gasteiger partial charge in [0.1, 0.15) is 12.4 Å². The lowest BCUT2D eigenvalue weighted by Crippen LogP contribution is -2.45. The number of aliphatic hydroxyl groups is 1. The van der Waals surface area contributed by atoms with Gasteiger partial charge in [0.05, 0.1) is 6.54 Å². The Hall–Kier alpha value is -1.75. The van der Waals surface area contributed by atoms with E-state index in [1.54, 1.807) is 0 Å². The highest BCUT2D eigenvalue weighted by Gasteiger charge is 2.21. The van der Waals surface area contributed by atoms with Gasteiger partial charge in [-0.15, -0.1) is 0 Å². The van der Waals surface area contributed by atoms with E-state index in [4.69, 9.17) is 9.84 Å². The highest BCUT2D eigenvalue weighted by Crippen LogP contribution is 2.18. The van der Waals surface area contributed by atoms with Gasteiger partial charge in [-0.3, -0.25) is 0 Å². The predicted molar refractivity (Wildman–Crippen MR) is 90.8 cm³/mol. The number of nitrogens with zero attached hydrogens (tertiary/aromatic N) is 1. The Morgan fingerprint density at radius 3 is 2.52 bits per heavy atom.